The lowest BCUT2D eigenvalue weighted by molar-refractivity contribution is -0.139. The molecular formula is C18H17F3O2. The van der Waals surface area contributed by atoms with Gasteiger partial charge in [0.15, 0.2) is 0 Å². The number of rotatable bonds is 3. The van der Waals surface area contributed by atoms with E-state index in [1.165, 1.54) is 25.1 Å². The summed E-state index contributed by atoms with van der Waals surface area (Å²) in [6, 6.07) is 10.2. The Balaban J connectivity index is 2.24. The second-order valence-corrected chi connectivity index (χ2v) is 5.43. The summed E-state index contributed by atoms with van der Waals surface area (Å²) in [5, 5.41) is 0. The fraction of sp³-hybridized carbons (Fsp3) is 0.278. The Morgan fingerprint density at radius 2 is 1.70 bits per heavy atom. The quantitative estimate of drug-likeness (QED) is 0.722. The van der Waals surface area contributed by atoms with Crippen LogP contribution in [0.15, 0.2) is 42.5 Å². The Labute approximate surface area is 132 Å². The molecule has 0 saturated carbocycles. The van der Waals surface area contributed by atoms with Crippen LogP contribution in [0.1, 0.15) is 45.6 Å². The summed E-state index contributed by atoms with van der Waals surface area (Å²) in [5.74, 6) is -0.641. The van der Waals surface area contributed by atoms with Gasteiger partial charge in [0.05, 0.1) is 11.1 Å². The molecule has 2 nitrogen and oxygen atoms in total. The molecule has 0 aliphatic carbocycles. The summed E-state index contributed by atoms with van der Waals surface area (Å²) in [4.78, 5) is 12.1. The maximum Gasteiger partial charge on any atom is 0.416 e. The molecule has 2 aromatic rings. The third-order valence-corrected chi connectivity index (χ3v) is 3.73. The predicted octanol–water partition coefficient (Wildman–Crippen LogP) is 5.24. The van der Waals surface area contributed by atoms with Crippen molar-refractivity contribution in [3.63, 3.8) is 0 Å². The minimum absolute atomic E-state index is 0.0582. The van der Waals surface area contributed by atoms with Crippen LogP contribution in [0.25, 0.3) is 0 Å². The topological polar surface area (TPSA) is 26.3 Å². The van der Waals surface area contributed by atoms with E-state index >= 15 is 0 Å². The van der Waals surface area contributed by atoms with Gasteiger partial charge < -0.3 is 4.74 Å². The van der Waals surface area contributed by atoms with Gasteiger partial charge in [-0.05, 0) is 50.1 Å². The highest BCUT2D eigenvalue weighted by atomic mass is 19.4. The number of carbonyl (C=O) groups excluding carboxylic acids is 1. The van der Waals surface area contributed by atoms with Crippen LogP contribution in [-0.4, -0.2) is 5.97 Å². The molecule has 5 heteroatoms. The molecule has 0 radical (unpaired) electrons. The maximum absolute atomic E-state index is 13.0. The first kappa shape index (κ1) is 17.1. The number of hydrogen-bond acceptors (Lipinski definition) is 2. The zero-order valence-electron chi connectivity index (χ0n) is 13.1. The summed E-state index contributed by atoms with van der Waals surface area (Å²) in [6.45, 7) is 5.20. The van der Waals surface area contributed by atoms with E-state index in [-0.39, 0.29) is 5.56 Å². The lowest BCUT2D eigenvalue weighted by atomic mass is 10.0. The lowest BCUT2D eigenvalue weighted by Gasteiger charge is -2.19. The van der Waals surface area contributed by atoms with Crippen molar-refractivity contribution in [1.82, 2.24) is 0 Å². The number of ether oxygens (including phenoxy) is 1. The first-order valence-electron chi connectivity index (χ1n) is 7.14. The van der Waals surface area contributed by atoms with E-state index < -0.39 is 23.8 Å². The van der Waals surface area contributed by atoms with Gasteiger partial charge in [-0.3, -0.25) is 0 Å². The van der Waals surface area contributed by atoms with Crippen LogP contribution in [0.5, 0.6) is 0 Å². The number of benzene rings is 2. The Morgan fingerprint density at radius 1 is 1.04 bits per heavy atom. The zero-order chi connectivity index (χ0) is 17.2. The first-order valence-corrected chi connectivity index (χ1v) is 7.14. The first-order chi connectivity index (χ1) is 10.7. The third-order valence-electron chi connectivity index (χ3n) is 3.73. The highest BCUT2D eigenvalue weighted by molar-refractivity contribution is 5.89. The molecule has 0 aliphatic rings. The molecular weight excluding hydrogens is 305 g/mol. The van der Waals surface area contributed by atoms with Gasteiger partial charge in [-0.2, -0.15) is 13.2 Å². The Morgan fingerprint density at radius 3 is 2.30 bits per heavy atom. The molecule has 1 unspecified atom stereocenters. The van der Waals surface area contributed by atoms with Gasteiger partial charge in [-0.25, -0.2) is 4.79 Å². The van der Waals surface area contributed by atoms with Crippen LogP contribution in [0.2, 0.25) is 0 Å². The molecule has 0 spiro atoms. The van der Waals surface area contributed by atoms with Crippen LogP contribution >= 0.6 is 0 Å². The molecule has 0 aromatic heterocycles. The Hall–Kier alpha value is -2.30. The van der Waals surface area contributed by atoms with Crippen LogP contribution in [0.3, 0.4) is 0 Å². The van der Waals surface area contributed by atoms with Crippen molar-refractivity contribution >= 4 is 5.97 Å². The average molecular weight is 322 g/mol. The standard InChI is InChI=1S/C18H17F3O2/c1-11-8-9-14(10-12(11)2)17(22)23-13(3)15-6-4-5-7-16(15)18(19,20)21/h4-10,13H,1-3H3. The van der Waals surface area contributed by atoms with E-state index in [1.807, 2.05) is 13.8 Å². The molecule has 0 aliphatic heterocycles. The van der Waals surface area contributed by atoms with Crippen LogP contribution < -0.4 is 0 Å². The minimum Gasteiger partial charge on any atom is -0.454 e. The second-order valence-electron chi connectivity index (χ2n) is 5.43. The minimum atomic E-state index is -4.49. The van der Waals surface area contributed by atoms with Gasteiger partial charge in [-0.1, -0.05) is 24.3 Å². The number of carbonyl (C=O) groups is 1. The summed E-state index contributed by atoms with van der Waals surface area (Å²) in [7, 11) is 0. The molecule has 122 valence electrons. The number of alkyl halides is 3. The van der Waals surface area contributed by atoms with E-state index in [2.05, 4.69) is 0 Å². The Kier molecular flexibility index (Phi) is 4.78. The van der Waals surface area contributed by atoms with Crippen LogP contribution in [-0.2, 0) is 10.9 Å². The van der Waals surface area contributed by atoms with Crippen LogP contribution in [0, 0.1) is 13.8 Å². The van der Waals surface area contributed by atoms with E-state index in [9.17, 15) is 18.0 Å². The van der Waals surface area contributed by atoms with Crippen molar-refractivity contribution in [2.45, 2.75) is 33.1 Å². The van der Waals surface area contributed by atoms with Crippen molar-refractivity contribution < 1.29 is 22.7 Å². The molecule has 23 heavy (non-hydrogen) atoms. The van der Waals surface area contributed by atoms with Crippen molar-refractivity contribution in [2.24, 2.45) is 0 Å². The van der Waals surface area contributed by atoms with Crippen molar-refractivity contribution in [3.05, 3.63) is 70.3 Å². The van der Waals surface area contributed by atoms with E-state index in [1.54, 1.807) is 18.2 Å². The molecule has 0 saturated heterocycles. The normalized spacial score (nSPS) is 12.8. The molecule has 0 fully saturated rings. The summed E-state index contributed by atoms with van der Waals surface area (Å²) < 4.78 is 44.3. The van der Waals surface area contributed by atoms with E-state index in [0.717, 1.165) is 17.2 Å². The summed E-state index contributed by atoms with van der Waals surface area (Å²) in [6.07, 6.45) is -5.49. The fourth-order valence-corrected chi connectivity index (χ4v) is 2.27. The highest BCUT2D eigenvalue weighted by Gasteiger charge is 2.34. The van der Waals surface area contributed by atoms with Crippen molar-refractivity contribution in [3.8, 4) is 0 Å². The molecule has 1 atom stereocenters. The van der Waals surface area contributed by atoms with E-state index in [4.69, 9.17) is 4.74 Å². The largest absolute Gasteiger partial charge is 0.454 e. The smallest absolute Gasteiger partial charge is 0.416 e. The summed E-state index contributed by atoms with van der Waals surface area (Å²) >= 11 is 0. The van der Waals surface area contributed by atoms with Gasteiger partial charge in [-0.15, -0.1) is 0 Å². The van der Waals surface area contributed by atoms with Crippen molar-refractivity contribution in [2.75, 3.05) is 0 Å². The van der Waals surface area contributed by atoms with Crippen molar-refractivity contribution in [1.29, 1.82) is 0 Å². The number of aryl methyl sites for hydroxylation is 2. The molecule has 2 aromatic carbocycles. The molecule has 2 rings (SSSR count). The van der Waals surface area contributed by atoms with Gasteiger partial charge in [0.1, 0.15) is 6.10 Å². The van der Waals surface area contributed by atoms with Gasteiger partial charge in [0, 0.05) is 5.56 Å². The molecule has 0 bridgehead atoms. The monoisotopic (exact) mass is 322 g/mol. The third kappa shape index (κ3) is 3.92. The predicted molar refractivity (Wildman–Crippen MR) is 81.2 cm³/mol. The maximum atomic E-state index is 13.0. The SMILES string of the molecule is Cc1ccc(C(=O)OC(C)c2ccccc2C(F)(F)F)cc1C. The molecule has 0 amide bonds. The fourth-order valence-electron chi connectivity index (χ4n) is 2.27. The zero-order valence-corrected chi connectivity index (χ0v) is 13.1. The average Bonchev–Trinajstić information content (AvgIpc) is 2.49. The number of hydrogen-bond donors (Lipinski definition) is 0. The van der Waals surface area contributed by atoms with Crippen LogP contribution in [0.4, 0.5) is 13.2 Å². The second kappa shape index (κ2) is 6.44. The van der Waals surface area contributed by atoms with Gasteiger partial charge in [0.2, 0.25) is 0 Å². The van der Waals surface area contributed by atoms with E-state index in [0.29, 0.717) is 5.56 Å². The highest BCUT2D eigenvalue weighted by Crippen LogP contribution is 2.35. The number of halogens is 3. The lowest BCUT2D eigenvalue weighted by Crippen LogP contribution is -2.15. The molecule has 0 N–H and O–H groups in total. The Bertz CT molecular complexity index is 720. The molecule has 0 heterocycles. The van der Waals surface area contributed by atoms with Gasteiger partial charge >= 0.3 is 12.1 Å². The van der Waals surface area contributed by atoms with Gasteiger partial charge in [0.25, 0.3) is 0 Å². The summed E-state index contributed by atoms with van der Waals surface area (Å²) in [5.41, 5.74) is 1.42. The number of esters is 1.